The lowest BCUT2D eigenvalue weighted by molar-refractivity contribution is -0.137. The van der Waals surface area contributed by atoms with Gasteiger partial charge in [0.15, 0.2) is 0 Å². The van der Waals surface area contributed by atoms with E-state index in [2.05, 4.69) is 10.3 Å². The lowest BCUT2D eigenvalue weighted by atomic mass is 10.1. The molecule has 13 heavy (non-hydrogen) atoms. The van der Waals surface area contributed by atoms with Crippen LogP contribution >= 0.6 is 0 Å². The number of fused-ring (bicyclic) bond motifs is 1. The van der Waals surface area contributed by atoms with Crippen LogP contribution in [0.3, 0.4) is 0 Å². The maximum atomic E-state index is 10.5. The summed E-state index contributed by atoms with van der Waals surface area (Å²) in [6.45, 7) is 0.801. The fraction of sp³-hybridized carbons (Fsp3) is 0.500. The molecule has 1 aromatic heterocycles. The summed E-state index contributed by atoms with van der Waals surface area (Å²) in [5.74, 6) is 0.0176. The summed E-state index contributed by atoms with van der Waals surface area (Å²) in [6.07, 6.45) is 4.51. The van der Waals surface area contributed by atoms with Crippen molar-refractivity contribution >= 4 is 11.9 Å². The van der Waals surface area contributed by atoms with Gasteiger partial charge in [-0.1, -0.05) is 0 Å². The van der Waals surface area contributed by atoms with Gasteiger partial charge < -0.3 is 15.0 Å². The summed E-state index contributed by atoms with van der Waals surface area (Å²) in [4.78, 5) is 14.6. The Morgan fingerprint density at radius 1 is 1.85 bits per heavy atom. The summed E-state index contributed by atoms with van der Waals surface area (Å²) in [5, 5.41) is 11.8. The predicted molar refractivity (Wildman–Crippen MR) is 46.6 cm³/mol. The SMILES string of the molecule is O=C(O)CC1CCNc2nccn21. The molecule has 0 saturated carbocycles. The van der Waals surface area contributed by atoms with Crippen molar-refractivity contribution in [1.82, 2.24) is 9.55 Å². The summed E-state index contributed by atoms with van der Waals surface area (Å²) in [5.41, 5.74) is 0. The molecule has 0 saturated heterocycles. The van der Waals surface area contributed by atoms with Crippen LogP contribution in [0.25, 0.3) is 0 Å². The molecular formula is C8H11N3O2. The molecule has 2 rings (SSSR count). The minimum Gasteiger partial charge on any atom is -0.481 e. The number of nitrogens with one attached hydrogen (secondary N) is 1. The molecule has 5 heteroatoms. The number of rotatable bonds is 2. The summed E-state index contributed by atoms with van der Waals surface area (Å²) >= 11 is 0. The number of hydrogen-bond acceptors (Lipinski definition) is 3. The molecule has 1 unspecified atom stereocenters. The minimum absolute atomic E-state index is 0.0521. The Balaban J connectivity index is 2.20. The Kier molecular flexibility index (Phi) is 1.92. The number of carboxylic acid groups (broad SMARTS) is 1. The van der Waals surface area contributed by atoms with E-state index < -0.39 is 5.97 Å². The largest absolute Gasteiger partial charge is 0.481 e. The molecule has 1 aromatic rings. The molecule has 1 atom stereocenters. The summed E-state index contributed by atoms with van der Waals surface area (Å²) in [6, 6.07) is 0.0521. The Bertz CT molecular complexity index is 321. The van der Waals surface area contributed by atoms with Gasteiger partial charge in [-0.15, -0.1) is 0 Å². The number of hydrogen-bond donors (Lipinski definition) is 2. The Morgan fingerprint density at radius 2 is 2.69 bits per heavy atom. The molecule has 0 fully saturated rings. The summed E-state index contributed by atoms with van der Waals surface area (Å²) in [7, 11) is 0. The maximum Gasteiger partial charge on any atom is 0.305 e. The third-order valence-corrected chi connectivity index (χ3v) is 2.23. The van der Waals surface area contributed by atoms with Crippen molar-refractivity contribution in [2.75, 3.05) is 11.9 Å². The van der Waals surface area contributed by atoms with Crippen LogP contribution in [-0.4, -0.2) is 27.2 Å². The molecule has 2 heterocycles. The fourth-order valence-electron chi connectivity index (χ4n) is 1.64. The first-order valence-electron chi connectivity index (χ1n) is 4.26. The summed E-state index contributed by atoms with van der Waals surface area (Å²) < 4.78 is 1.89. The van der Waals surface area contributed by atoms with Gasteiger partial charge in [-0.2, -0.15) is 0 Å². The highest BCUT2D eigenvalue weighted by atomic mass is 16.4. The van der Waals surface area contributed by atoms with Gasteiger partial charge in [-0.05, 0) is 6.42 Å². The second-order valence-corrected chi connectivity index (χ2v) is 3.13. The van der Waals surface area contributed by atoms with Gasteiger partial charge in [0.2, 0.25) is 5.95 Å². The second kappa shape index (κ2) is 3.08. The van der Waals surface area contributed by atoms with Gasteiger partial charge >= 0.3 is 5.97 Å². The van der Waals surface area contributed by atoms with Crippen molar-refractivity contribution in [2.24, 2.45) is 0 Å². The average molecular weight is 181 g/mol. The van der Waals surface area contributed by atoms with Gasteiger partial charge in [0, 0.05) is 25.0 Å². The first-order chi connectivity index (χ1) is 6.27. The first-order valence-corrected chi connectivity index (χ1v) is 4.26. The number of aliphatic carboxylic acids is 1. The molecule has 0 radical (unpaired) electrons. The molecule has 0 aliphatic carbocycles. The van der Waals surface area contributed by atoms with Gasteiger partial charge in [-0.3, -0.25) is 4.79 Å². The quantitative estimate of drug-likeness (QED) is 0.705. The Morgan fingerprint density at radius 3 is 3.46 bits per heavy atom. The second-order valence-electron chi connectivity index (χ2n) is 3.13. The predicted octanol–water partition coefficient (Wildman–Crippen LogP) is 0.714. The Labute approximate surface area is 75.4 Å². The number of nitrogens with zero attached hydrogens (tertiary/aromatic N) is 2. The van der Waals surface area contributed by atoms with E-state index in [1.54, 1.807) is 6.20 Å². The molecule has 0 bridgehead atoms. The van der Waals surface area contributed by atoms with Crippen LogP contribution in [0.5, 0.6) is 0 Å². The van der Waals surface area contributed by atoms with Crippen LogP contribution in [0.4, 0.5) is 5.95 Å². The van der Waals surface area contributed by atoms with E-state index in [-0.39, 0.29) is 12.5 Å². The van der Waals surface area contributed by atoms with Crippen molar-refractivity contribution in [3.63, 3.8) is 0 Å². The molecule has 1 aliphatic heterocycles. The monoisotopic (exact) mass is 181 g/mol. The van der Waals surface area contributed by atoms with Gasteiger partial charge in [0.25, 0.3) is 0 Å². The normalized spacial score (nSPS) is 20.5. The molecular weight excluding hydrogens is 170 g/mol. The molecule has 0 aromatic carbocycles. The van der Waals surface area contributed by atoms with E-state index in [0.717, 1.165) is 18.9 Å². The third-order valence-electron chi connectivity index (χ3n) is 2.23. The van der Waals surface area contributed by atoms with Crippen LogP contribution in [0.15, 0.2) is 12.4 Å². The van der Waals surface area contributed by atoms with E-state index in [1.807, 2.05) is 10.8 Å². The van der Waals surface area contributed by atoms with Crippen molar-refractivity contribution in [3.05, 3.63) is 12.4 Å². The fourth-order valence-corrected chi connectivity index (χ4v) is 1.64. The smallest absolute Gasteiger partial charge is 0.305 e. The first kappa shape index (κ1) is 8.10. The standard InChI is InChI=1S/C8H11N3O2/c12-7(13)5-6-1-2-9-8-10-3-4-11(6)8/h3-4,6H,1-2,5H2,(H,9,10)(H,12,13). The number of anilines is 1. The lowest BCUT2D eigenvalue weighted by Gasteiger charge is -2.24. The zero-order valence-corrected chi connectivity index (χ0v) is 7.10. The molecule has 1 aliphatic rings. The highest BCUT2D eigenvalue weighted by Gasteiger charge is 2.21. The number of aromatic nitrogens is 2. The number of imidazole rings is 1. The van der Waals surface area contributed by atoms with Crippen LogP contribution in [-0.2, 0) is 4.79 Å². The zero-order chi connectivity index (χ0) is 9.26. The van der Waals surface area contributed by atoms with E-state index in [1.165, 1.54) is 0 Å². The molecule has 2 N–H and O–H groups in total. The highest BCUT2D eigenvalue weighted by Crippen LogP contribution is 2.24. The highest BCUT2D eigenvalue weighted by molar-refractivity contribution is 5.67. The van der Waals surface area contributed by atoms with E-state index in [0.29, 0.717) is 0 Å². The van der Waals surface area contributed by atoms with Crippen molar-refractivity contribution in [1.29, 1.82) is 0 Å². The van der Waals surface area contributed by atoms with Gasteiger partial charge in [-0.25, -0.2) is 4.98 Å². The van der Waals surface area contributed by atoms with E-state index >= 15 is 0 Å². The lowest BCUT2D eigenvalue weighted by Crippen LogP contribution is -2.24. The topological polar surface area (TPSA) is 67.2 Å². The molecule has 0 amide bonds. The molecule has 70 valence electrons. The molecule has 0 spiro atoms. The zero-order valence-electron chi connectivity index (χ0n) is 7.10. The van der Waals surface area contributed by atoms with E-state index in [9.17, 15) is 4.79 Å². The molecule has 5 nitrogen and oxygen atoms in total. The number of carbonyl (C=O) groups is 1. The average Bonchev–Trinajstić information content (AvgIpc) is 2.51. The van der Waals surface area contributed by atoms with Crippen molar-refractivity contribution in [3.8, 4) is 0 Å². The van der Waals surface area contributed by atoms with Crippen LogP contribution in [0.1, 0.15) is 18.9 Å². The van der Waals surface area contributed by atoms with Crippen LogP contribution in [0.2, 0.25) is 0 Å². The van der Waals surface area contributed by atoms with E-state index in [4.69, 9.17) is 5.11 Å². The van der Waals surface area contributed by atoms with Gasteiger partial charge in [0.05, 0.1) is 6.42 Å². The minimum atomic E-state index is -0.758. The van der Waals surface area contributed by atoms with Gasteiger partial charge in [0.1, 0.15) is 0 Å². The van der Waals surface area contributed by atoms with Crippen LogP contribution in [0, 0.1) is 0 Å². The number of carboxylic acids is 1. The third kappa shape index (κ3) is 1.49. The van der Waals surface area contributed by atoms with Crippen molar-refractivity contribution in [2.45, 2.75) is 18.9 Å². The van der Waals surface area contributed by atoms with Crippen molar-refractivity contribution < 1.29 is 9.90 Å². The maximum absolute atomic E-state index is 10.5. The van der Waals surface area contributed by atoms with Crippen LogP contribution < -0.4 is 5.32 Å². The Hall–Kier alpha value is -1.52.